The van der Waals surface area contributed by atoms with Gasteiger partial charge in [-0.3, -0.25) is 0 Å². The summed E-state index contributed by atoms with van der Waals surface area (Å²) in [4.78, 5) is 32.6. The number of carbonyl (C=O) groups is 2. The van der Waals surface area contributed by atoms with Crippen molar-refractivity contribution in [1.29, 1.82) is 0 Å². The lowest BCUT2D eigenvalue weighted by Gasteiger charge is -2.22. The number of aromatic hydroxyl groups is 1. The van der Waals surface area contributed by atoms with Crippen LogP contribution in [0.3, 0.4) is 0 Å². The highest BCUT2D eigenvalue weighted by molar-refractivity contribution is 6.31. The third-order valence-electron chi connectivity index (χ3n) is 5.28. The number of amides is 1. The van der Waals surface area contributed by atoms with Crippen LogP contribution < -0.4 is 0 Å². The highest BCUT2D eigenvalue weighted by Crippen LogP contribution is 2.35. The van der Waals surface area contributed by atoms with Crippen LogP contribution in [0.25, 0.3) is 11.3 Å². The predicted molar refractivity (Wildman–Crippen MR) is 132 cm³/mol. The second-order valence-electron chi connectivity index (χ2n) is 8.05. The Morgan fingerprint density at radius 1 is 1.00 bits per heavy atom. The molecule has 3 rings (SSSR count). The Morgan fingerprint density at radius 3 is 2.09 bits per heavy atom. The monoisotopic (exact) mass is 502 g/mol. The van der Waals surface area contributed by atoms with Crippen molar-refractivity contribution in [2.75, 3.05) is 7.11 Å². The molecule has 7 nitrogen and oxygen atoms in total. The molecule has 1 amide bonds. The molecule has 0 aliphatic rings. The van der Waals surface area contributed by atoms with E-state index in [4.69, 9.17) is 32.7 Å². The standard InChI is InChI=1S/C25H24Cl2N2O5/c1-5-25(2,3)34-24(32)29-20(14-6-10-16(26)11-7-14)18-19(23(31)33-4)21(28-22(18)30)15-8-12-17(27)13-9-15/h6-13,28,30H,5H2,1-4H3. The summed E-state index contributed by atoms with van der Waals surface area (Å²) >= 11 is 12.0. The van der Waals surface area contributed by atoms with Crippen molar-refractivity contribution in [3.05, 3.63) is 75.3 Å². The number of hydrogen-bond donors (Lipinski definition) is 2. The first kappa shape index (κ1) is 25.3. The molecular weight excluding hydrogens is 479 g/mol. The minimum absolute atomic E-state index is 0.00132. The van der Waals surface area contributed by atoms with Crippen molar-refractivity contribution in [3.63, 3.8) is 0 Å². The van der Waals surface area contributed by atoms with Gasteiger partial charge in [-0.05, 0) is 50.1 Å². The van der Waals surface area contributed by atoms with Crippen molar-refractivity contribution >= 4 is 41.0 Å². The predicted octanol–water partition coefficient (Wildman–Crippen LogP) is 6.64. The van der Waals surface area contributed by atoms with Gasteiger partial charge >= 0.3 is 12.1 Å². The van der Waals surface area contributed by atoms with E-state index in [9.17, 15) is 14.7 Å². The number of methoxy groups -OCH3 is 1. The number of nitrogens with one attached hydrogen (secondary N) is 1. The number of H-pyrrole nitrogens is 1. The Morgan fingerprint density at radius 2 is 1.56 bits per heavy atom. The number of aromatic amines is 1. The maximum absolute atomic E-state index is 12.9. The fraction of sp³-hybridized carbons (Fsp3) is 0.240. The Balaban J connectivity index is 2.27. The number of hydrogen-bond acceptors (Lipinski definition) is 5. The van der Waals surface area contributed by atoms with Crippen LogP contribution in [0.15, 0.2) is 53.5 Å². The lowest BCUT2D eigenvalue weighted by Crippen LogP contribution is -2.26. The van der Waals surface area contributed by atoms with E-state index in [0.29, 0.717) is 27.6 Å². The van der Waals surface area contributed by atoms with Gasteiger partial charge in [0.15, 0.2) is 5.88 Å². The Hall–Kier alpha value is -3.29. The molecule has 1 heterocycles. The first-order valence-corrected chi connectivity index (χ1v) is 11.2. The van der Waals surface area contributed by atoms with Crippen LogP contribution in [-0.4, -0.2) is 40.6 Å². The fourth-order valence-electron chi connectivity index (χ4n) is 3.15. The van der Waals surface area contributed by atoms with Crippen molar-refractivity contribution in [3.8, 4) is 17.1 Å². The molecule has 2 aromatic carbocycles. The number of carbonyl (C=O) groups excluding carboxylic acids is 2. The van der Waals surface area contributed by atoms with Crippen LogP contribution in [-0.2, 0) is 9.47 Å². The largest absolute Gasteiger partial charge is 0.494 e. The van der Waals surface area contributed by atoms with Gasteiger partial charge in [0.05, 0.1) is 29.6 Å². The number of benzene rings is 2. The van der Waals surface area contributed by atoms with E-state index in [2.05, 4.69) is 9.98 Å². The molecule has 3 aromatic rings. The zero-order chi connectivity index (χ0) is 25.0. The van der Waals surface area contributed by atoms with Crippen LogP contribution in [0.5, 0.6) is 5.88 Å². The molecular formula is C25H24Cl2N2O5. The summed E-state index contributed by atoms with van der Waals surface area (Å²) in [5.74, 6) is -1.11. The number of aromatic nitrogens is 1. The Labute approximate surface area is 207 Å². The average Bonchev–Trinajstić information content (AvgIpc) is 3.14. The van der Waals surface area contributed by atoms with E-state index >= 15 is 0 Å². The lowest BCUT2D eigenvalue weighted by molar-refractivity contribution is 0.0432. The van der Waals surface area contributed by atoms with Gasteiger partial charge in [0, 0.05) is 15.6 Å². The molecule has 178 valence electrons. The molecule has 0 aliphatic heterocycles. The van der Waals surface area contributed by atoms with Gasteiger partial charge in [-0.25, -0.2) is 9.59 Å². The molecule has 0 fully saturated rings. The van der Waals surface area contributed by atoms with Gasteiger partial charge in [0.1, 0.15) is 5.60 Å². The molecule has 0 bridgehead atoms. The van der Waals surface area contributed by atoms with E-state index in [0.717, 1.165) is 0 Å². The number of nitrogens with zero attached hydrogens (tertiary/aromatic N) is 1. The van der Waals surface area contributed by atoms with Gasteiger partial charge in [-0.15, -0.1) is 0 Å². The second kappa shape index (κ2) is 10.3. The number of esters is 1. The Bertz CT molecular complexity index is 1230. The third kappa shape index (κ3) is 5.61. The zero-order valence-corrected chi connectivity index (χ0v) is 20.6. The maximum atomic E-state index is 12.9. The summed E-state index contributed by atoms with van der Waals surface area (Å²) in [5.41, 5.74) is 0.520. The van der Waals surface area contributed by atoms with Gasteiger partial charge in [0.2, 0.25) is 0 Å². The summed E-state index contributed by atoms with van der Waals surface area (Å²) in [6.07, 6.45) is -0.310. The first-order valence-electron chi connectivity index (χ1n) is 10.4. The number of rotatable bonds is 6. The first-order chi connectivity index (χ1) is 16.1. The number of ether oxygens (including phenoxy) is 2. The molecule has 0 spiro atoms. The number of aliphatic imine (C=N–C) groups is 1. The summed E-state index contributed by atoms with van der Waals surface area (Å²) in [6.45, 7) is 5.40. The van der Waals surface area contributed by atoms with E-state index in [1.165, 1.54) is 7.11 Å². The minimum Gasteiger partial charge on any atom is -0.494 e. The van der Waals surface area contributed by atoms with Gasteiger partial charge < -0.3 is 19.6 Å². The molecule has 0 radical (unpaired) electrons. The van der Waals surface area contributed by atoms with Crippen LogP contribution in [0.2, 0.25) is 10.0 Å². The molecule has 34 heavy (non-hydrogen) atoms. The molecule has 1 aromatic heterocycles. The van der Waals surface area contributed by atoms with Crippen molar-refractivity contribution in [2.45, 2.75) is 32.8 Å². The molecule has 0 aliphatic carbocycles. The second-order valence-corrected chi connectivity index (χ2v) is 8.92. The van der Waals surface area contributed by atoms with E-state index in [1.54, 1.807) is 62.4 Å². The zero-order valence-electron chi connectivity index (χ0n) is 19.1. The molecule has 0 saturated heterocycles. The van der Waals surface area contributed by atoms with E-state index in [-0.39, 0.29) is 28.4 Å². The molecule has 2 N–H and O–H groups in total. The number of halogens is 2. The highest BCUT2D eigenvalue weighted by atomic mass is 35.5. The van der Waals surface area contributed by atoms with Gasteiger partial charge in [0.25, 0.3) is 0 Å². The summed E-state index contributed by atoms with van der Waals surface area (Å²) in [6, 6.07) is 13.1. The van der Waals surface area contributed by atoms with Crippen molar-refractivity contribution in [1.82, 2.24) is 4.98 Å². The van der Waals surface area contributed by atoms with Crippen LogP contribution in [0, 0.1) is 0 Å². The normalized spacial score (nSPS) is 11.9. The van der Waals surface area contributed by atoms with Gasteiger partial charge in [-0.2, -0.15) is 4.99 Å². The van der Waals surface area contributed by atoms with Crippen molar-refractivity contribution < 1.29 is 24.2 Å². The topological polar surface area (TPSA) is 101 Å². The minimum atomic E-state index is -0.874. The summed E-state index contributed by atoms with van der Waals surface area (Å²) in [5, 5.41) is 11.9. The van der Waals surface area contributed by atoms with Crippen LogP contribution in [0.1, 0.15) is 48.7 Å². The molecule has 0 saturated carbocycles. The van der Waals surface area contributed by atoms with Crippen LogP contribution >= 0.6 is 23.2 Å². The average molecular weight is 503 g/mol. The van der Waals surface area contributed by atoms with E-state index < -0.39 is 17.7 Å². The Kier molecular flexibility index (Phi) is 7.69. The third-order valence-corrected chi connectivity index (χ3v) is 5.78. The van der Waals surface area contributed by atoms with Gasteiger partial charge in [-0.1, -0.05) is 54.4 Å². The molecule has 0 unspecified atom stereocenters. The maximum Gasteiger partial charge on any atom is 0.434 e. The van der Waals surface area contributed by atoms with Crippen LogP contribution in [0.4, 0.5) is 4.79 Å². The SMILES string of the molecule is CCC(C)(C)OC(=O)N=C(c1ccc(Cl)cc1)c1c(O)[nH]c(-c2ccc(Cl)cc2)c1C(=O)OC. The van der Waals surface area contributed by atoms with Crippen molar-refractivity contribution in [2.24, 2.45) is 4.99 Å². The smallest absolute Gasteiger partial charge is 0.434 e. The summed E-state index contributed by atoms with van der Waals surface area (Å²) < 4.78 is 10.5. The quantitative estimate of drug-likeness (QED) is 0.290. The fourth-order valence-corrected chi connectivity index (χ4v) is 3.40. The molecule has 0 atom stereocenters. The lowest BCUT2D eigenvalue weighted by atomic mass is 9.97. The highest BCUT2D eigenvalue weighted by Gasteiger charge is 2.30. The molecule has 9 heteroatoms. The van der Waals surface area contributed by atoms with E-state index in [1.807, 2.05) is 6.92 Å². The summed E-state index contributed by atoms with van der Waals surface area (Å²) in [7, 11) is 1.22.